The lowest BCUT2D eigenvalue weighted by Crippen LogP contribution is -2.41. The second-order valence-electron chi connectivity index (χ2n) is 7.66. The molecule has 1 fully saturated rings. The molecule has 2 heterocycles. The lowest BCUT2D eigenvalue weighted by Gasteiger charge is -2.21. The highest BCUT2D eigenvalue weighted by Crippen LogP contribution is 2.32. The fourth-order valence-electron chi connectivity index (χ4n) is 3.26. The van der Waals surface area contributed by atoms with Gasteiger partial charge in [0.25, 0.3) is 0 Å². The van der Waals surface area contributed by atoms with Gasteiger partial charge in [0.1, 0.15) is 5.25 Å². The topological polar surface area (TPSA) is 139 Å². The number of amides is 2. The molecule has 2 aromatic rings. The molecule has 1 atom stereocenters. The number of carboxylic acids is 1. The van der Waals surface area contributed by atoms with Gasteiger partial charge in [-0.3, -0.25) is 9.59 Å². The summed E-state index contributed by atoms with van der Waals surface area (Å²) >= 11 is 1.11. The van der Waals surface area contributed by atoms with E-state index < -0.39 is 11.2 Å². The van der Waals surface area contributed by atoms with Crippen LogP contribution in [-0.4, -0.2) is 45.8 Å². The third-order valence-corrected chi connectivity index (χ3v) is 6.16. The molecule has 0 spiro atoms. The van der Waals surface area contributed by atoms with Crippen LogP contribution >= 0.6 is 11.8 Å². The summed E-state index contributed by atoms with van der Waals surface area (Å²) < 4.78 is 10.7. The van der Waals surface area contributed by atoms with Crippen LogP contribution in [0.5, 0.6) is 11.5 Å². The Bertz CT molecular complexity index is 1180. The maximum atomic E-state index is 12.6. The predicted molar refractivity (Wildman–Crippen MR) is 128 cm³/mol. The quantitative estimate of drug-likeness (QED) is 0.407. The number of thioether (sulfide) groups is 1. The molecule has 2 amide bonds. The Balaban J connectivity index is 1.33. The molecule has 0 aromatic heterocycles. The molecule has 0 unspecified atom stereocenters. The summed E-state index contributed by atoms with van der Waals surface area (Å²) in [7, 11) is 0. The summed E-state index contributed by atoms with van der Waals surface area (Å²) in [6.07, 6.45) is 1.39. The van der Waals surface area contributed by atoms with Crippen molar-refractivity contribution in [2.45, 2.75) is 31.4 Å². The van der Waals surface area contributed by atoms with Gasteiger partial charge in [-0.25, -0.2) is 4.79 Å². The van der Waals surface area contributed by atoms with Crippen molar-refractivity contribution in [1.29, 1.82) is 0 Å². The molecule has 0 aliphatic carbocycles. The molecule has 2 aliphatic heterocycles. The minimum atomic E-state index is -1.05. The van der Waals surface area contributed by atoms with Gasteiger partial charge in [-0.1, -0.05) is 17.8 Å². The van der Waals surface area contributed by atoms with Crippen molar-refractivity contribution in [3.05, 3.63) is 53.6 Å². The number of benzene rings is 2. The molecule has 11 heteroatoms. The molecular weight excluding hydrogens is 460 g/mol. The van der Waals surface area contributed by atoms with Gasteiger partial charge in [0.2, 0.25) is 18.6 Å². The van der Waals surface area contributed by atoms with E-state index in [1.807, 2.05) is 25.1 Å². The van der Waals surface area contributed by atoms with E-state index in [0.717, 1.165) is 41.0 Å². The number of ether oxygens (including phenoxy) is 2. The highest BCUT2D eigenvalue weighted by molar-refractivity contribution is 8.15. The smallest absolute Gasteiger partial charge is 0.335 e. The Kier molecular flexibility index (Phi) is 7.12. The maximum Gasteiger partial charge on any atom is 0.335 e. The zero-order valence-electron chi connectivity index (χ0n) is 18.2. The van der Waals surface area contributed by atoms with E-state index in [-0.39, 0.29) is 35.8 Å². The first-order valence-electron chi connectivity index (χ1n) is 10.5. The molecule has 4 rings (SSSR count). The molecular formula is C23H22N4O6S. The number of aromatic carboxylic acids is 1. The largest absolute Gasteiger partial charge is 0.478 e. The second kappa shape index (κ2) is 10.4. The molecule has 176 valence electrons. The Hall–Kier alpha value is -3.86. The number of carbonyl (C=O) groups excluding carboxylic acids is 2. The number of carboxylic acid groups (broad SMARTS) is 1. The monoisotopic (exact) mass is 482 g/mol. The van der Waals surface area contributed by atoms with Crippen molar-refractivity contribution in [3.63, 3.8) is 0 Å². The van der Waals surface area contributed by atoms with Gasteiger partial charge in [0.05, 0.1) is 5.56 Å². The molecule has 10 nitrogen and oxygen atoms in total. The molecule has 1 saturated heterocycles. The van der Waals surface area contributed by atoms with Crippen molar-refractivity contribution >= 4 is 46.1 Å². The number of hydrogen-bond acceptors (Lipinski definition) is 8. The maximum absolute atomic E-state index is 12.6. The molecule has 0 radical (unpaired) electrons. The highest BCUT2D eigenvalue weighted by atomic mass is 32.2. The van der Waals surface area contributed by atoms with Crippen LogP contribution in [0, 0.1) is 0 Å². The number of hydrogen-bond donors (Lipinski definition) is 3. The highest BCUT2D eigenvalue weighted by Gasteiger charge is 2.30. The number of rotatable bonds is 7. The fraction of sp³-hybridized carbons (Fsp3) is 0.261. The van der Waals surface area contributed by atoms with Crippen LogP contribution in [0.15, 0.2) is 52.7 Å². The Labute approximate surface area is 199 Å². The van der Waals surface area contributed by atoms with Crippen molar-refractivity contribution in [2.75, 3.05) is 12.1 Å². The van der Waals surface area contributed by atoms with Gasteiger partial charge < -0.3 is 25.2 Å². The Morgan fingerprint density at radius 1 is 1.18 bits per heavy atom. The third-order valence-electron chi connectivity index (χ3n) is 5.09. The van der Waals surface area contributed by atoms with Gasteiger partial charge in [0.15, 0.2) is 16.7 Å². The Morgan fingerprint density at radius 3 is 2.71 bits per heavy atom. The summed E-state index contributed by atoms with van der Waals surface area (Å²) in [5.74, 6) is -0.284. The van der Waals surface area contributed by atoms with Crippen LogP contribution in [0.1, 0.15) is 35.7 Å². The summed E-state index contributed by atoms with van der Waals surface area (Å²) in [6.45, 7) is 2.08. The number of carbonyl (C=O) groups is 3. The van der Waals surface area contributed by atoms with Gasteiger partial charge >= 0.3 is 5.97 Å². The van der Waals surface area contributed by atoms with Crippen molar-refractivity contribution in [3.8, 4) is 11.5 Å². The van der Waals surface area contributed by atoms with Crippen LogP contribution in [0.25, 0.3) is 0 Å². The van der Waals surface area contributed by atoms with E-state index in [0.29, 0.717) is 12.1 Å². The molecule has 3 N–H and O–H groups in total. The zero-order chi connectivity index (χ0) is 24.1. The van der Waals surface area contributed by atoms with Crippen LogP contribution in [0.2, 0.25) is 0 Å². The predicted octanol–water partition coefficient (Wildman–Crippen LogP) is 3.04. The van der Waals surface area contributed by atoms with Gasteiger partial charge in [-0.2, -0.15) is 5.10 Å². The standard InChI is InChI=1S/C23H22N4O6S/c1-13(2-3-14-4-9-17-18(10-14)33-12-32-17)26-27-23-25-20(28)11-19(34-23)21(29)24-16-7-5-15(6-8-16)22(30)31/h4-10,19H,2-3,11-12H2,1H3,(H,24,29)(H,30,31)(H,25,27,28)/b26-13-/t19-/m1/s1. The van der Waals surface area contributed by atoms with E-state index >= 15 is 0 Å². The first-order chi connectivity index (χ1) is 16.4. The van der Waals surface area contributed by atoms with Crippen LogP contribution in [-0.2, 0) is 16.0 Å². The van der Waals surface area contributed by atoms with Crippen LogP contribution in [0.3, 0.4) is 0 Å². The second-order valence-corrected chi connectivity index (χ2v) is 8.85. The summed E-state index contributed by atoms with van der Waals surface area (Å²) in [5, 5.41) is 22.2. The van der Waals surface area contributed by atoms with Crippen molar-refractivity contribution in [2.24, 2.45) is 10.2 Å². The molecule has 0 bridgehead atoms. The molecule has 0 saturated carbocycles. The number of anilines is 1. The zero-order valence-corrected chi connectivity index (χ0v) is 19.1. The van der Waals surface area contributed by atoms with Crippen LogP contribution in [0.4, 0.5) is 5.69 Å². The van der Waals surface area contributed by atoms with E-state index in [1.54, 1.807) is 0 Å². The first-order valence-corrected chi connectivity index (χ1v) is 11.4. The number of nitrogens with zero attached hydrogens (tertiary/aromatic N) is 2. The minimum absolute atomic E-state index is 0.00442. The first kappa shape index (κ1) is 23.3. The van der Waals surface area contributed by atoms with Gasteiger partial charge in [-0.15, -0.1) is 5.10 Å². The average molecular weight is 483 g/mol. The lowest BCUT2D eigenvalue weighted by atomic mass is 10.1. The van der Waals surface area contributed by atoms with Crippen molar-refractivity contribution < 1.29 is 29.0 Å². The third kappa shape index (κ3) is 5.93. The summed E-state index contributed by atoms with van der Waals surface area (Å²) in [5.41, 5.74) is 2.41. The van der Waals surface area contributed by atoms with Crippen molar-refractivity contribution in [1.82, 2.24) is 5.32 Å². The number of fused-ring (bicyclic) bond motifs is 1. The molecule has 34 heavy (non-hydrogen) atoms. The van der Waals surface area contributed by atoms with E-state index in [4.69, 9.17) is 14.6 Å². The van der Waals surface area contributed by atoms with Gasteiger partial charge in [0, 0.05) is 17.8 Å². The Morgan fingerprint density at radius 2 is 1.94 bits per heavy atom. The van der Waals surface area contributed by atoms with Gasteiger partial charge in [-0.05, 0) is 61.7 Å². The lowest BCUT2D eigenvalue weighted by molar-refractivity contribution is -0.123. The molecule has 2 aromatic carbocycles. The van der Waals surface area contributed by atoms with E-state index in [9.17, 15) is 14.4 Å². The number of amidine groups is 1. The summed E-state index contributed by atoms with van der Waals surface area (Å²) in [4.78, 5) is 35.7. The fourth-order valence-corrected chi connectivity index (χ4v) is 4.19. The normalized spacial score (nSPS) is 18.5. The average Bonchev–Trinajstić information content (AvgIpc) is 3.29. The summed E-state index contributed by atoms with van der Waals surface area (Å²) in [6, 6.07) is 11.6. The number of nitrogens with one attached hydrogen (secondary N) is 2. The van der Waals surface area contributed by atoms with E-state index in [1.165, 1.54) is 24.3 Å². The molecule has 2 aliphatic rings. The SMILES string of the molecule is C/C(CCc1ccc2c(c1)OCO2)=N/N=C1/NC(=O)C[C@H](C(=O)Nc2ccc(C(=O)O)cc2)S1. The number of aryl methyl sites for hydroxylation is 1. The minimum Gasteiger partial charge on any atom is -0.478 e. The van der Waals surface area contributed by atoms with Crippen LogP contribution < -0.4 is 20.1 Å². The van der Waals surface area contributed by atoms with E-state index in [2.05, 4.69) is 20.8 Å².